The molecule has 0 aliphatic rings. The van der Waals surface area contributed by atoms with E-state index in [1.807, 2.05) is 31.2 Å². The van der Waals surface area contributed by atoms with Gasteiger partial charge >= 0.3 is 0 Å². The molecule has 0 saturated carbocycles. The van der Waals surface area contributed by atoms with Crippen LogP contribution in [0.3, 0.4) is 0 Å². The van der Waals surface area contributed by atoms with E-state index < -0.39 is 0 Å². The number of carbonyl (C=O) groups is 1. The summed E-state index contributed by atoms with van der Waals surface area (Å²) in [6, 6.07) is 7.52. The first kappa shape index (κ1) is 17.5. The van der Waals surface area contributed by atoms with Crippen LogP contribution in [0.1, 0.15) is 13.3 Å². The van der Waals surface area contributed by atoms with Gasteiger partial charge in [0.1, 0.15) is 0 Å². The minimum Gasteiger partial charge on any atom is -0.385 e. The van der Waals surface area contributed by atoms with E-state index in [1.54, 1.807) is 11.7 Å². The van der Waals surface area contributed by atoms with E-state index in [0.717, 1.165) is 17.5 Å². The number of aryl methyl sites for hydroxylation is 1. The Labute approximate surface area is 139 Å². The fourth-order valence-electron chi connectivity index (χ4n) is 2.21. The van der Waals surface area contributed by atoms with Gasteiger partial charge in [0.15, 0.2) is 5.03 Å². The highest BCUT2D eigenvalue weighted by atomic mass is 32.2. The van der Waals surface area contributed by atoms with Crippen LogP contribution in [0.2, 0.25) is 0 Å². The number of fused-ring (bicyclic) bond motifs is 1. The van der Waals surface area contributed by atoms with Crippen molar-refractivity contribution in [1.82, 2.24) is 14.9 Å². The van der Waals surface area contributed by atoms with Crippen molar-refractivity contribution in [2.45, 2.75) is 24.9 Å². The van der Waals surface area contributed by atoms with Crippen LogP contribution in [0.5, 0.6) is 0 Å². The Morgan fingerprint density at radius 3 is 2.91 bits per heavy atom. The Kier molecular flexibility index (Phi) is 6.61. The molecule has 6 nitrogen and oxygen atoms in total. The molecule has 1 aromatic heterocycles. The van der Waals surface area contributed by atoms with Gasteiger partial charge in [-0.05, 0) is 25.5 Å². The van der Waals surface area contributed by atoms with E-state index in [2.05, 4.69) is 10.3 Å². The molecule has 1 heterocycles. The summed E-state index contributed by atoms with van der Waals surface area (Å²) >= 11 is 1.18. The highest BCUT2D eigenvalue weighted by molar-refractivity contribution is 7.99. The first-order valence-electron chi connectivity index (χ1n) is 7.55. The van der Waals surface area contributed by atoms with Crippen LogP contribution in [0.25, 0.3) is 11.0 Å². The van der Waals surface area contributed by atoms with Crippen LogP contribution in [-0.4, -0.2) is 41.5 Å². The zero-order valence-electron chi connectivity index (χ0n) is 13.4. The summed E-state index contributed by atoms with van der Waals surface area (Å²) in [6.07, 6.45) is 0.768. The zero-order chi connectivity index (χ0) is 16.7. The molecule has 0 radical (unpaired) electrons. The SMILES string of the molecule is CCn1c(=O)c(SCC(=O)NCCCOC)nc2ccccc21. The summed E-state index contributed by atoms with van der Waals surface area (Å²) in [5, 5.41) is 3.16. The van der Waals surface area contributed by atoms with Gasteiger partial charge in [-0.15, -0.1) is 0 Å². The lowest BCUT2D eigenvalue weighted by molar-refractivity contribution is -0.118. The number of amides is 1. The Morgan fingerprint density at radius 1 is 1.39 bits per heavy atom. The molecule has 0 spiro atoms. The van der Waals surface area contributed by atoms with Crippen LogP contribution in [0.15, 0.2) is 34.1 Å². The third-order valence-corrected chi connectivity index (χ3v) is 4.27. The van der Waals surface area contributed by atoms with Crippen LogP contribution < -0.4 is 10.9 Å². The zero-order valence-corrected chi connectivity index (χ0v) is 14.2. The third-order valence-electron chi connectivity index (χ3n) is 3.33. The minimum atomic E-state index is -0.150. The second kappa shape index (κ2) is 8.69. The lowest BCUT2D eigenvalue weighted by atomic mass is 10.3. The average molecular weight is 335 g/mol. The number of para-hydroxylation sites is 2. The van der Waals surface area contributed by atoms with Gasteiger partial charge in [-0.3, -0.25) is 9.59 Å². The number of nitrogens with zero attached hydrogens (tertiary/aromatic N) is 2. The van der Waals surface area contributed by atoms with Gasteiger partial charge in [0, 0.05) is 26.8 Å². The molecular weight excluding hydrogens is 314 g/mol. The normalized spacial score (nSPS) is 10.9. The van der Waals surface area contributed by atoms with E-state index >= 15 is 0 Å². The Bertz CT molecular complexity index is 730. The van der Waals surface area contributed by atoms with Crippen molar-refractivity contribution in [3.8, 4) is 0 Å². The maximum absolute atomic E-state index is 12.5. The van der Waals surface area contributed by atoms with E-state index in [-0.39, 0.29) is 17.2 Å². The average Bonchev–Trinajstić information content (AvgIpc) is 2.57. The quantitative estimate of drug-likeness (QED) is 0.587. The molecule has 124 valence electrons. The molecule has 1 N–H and O–H groups in total. The maximum Gasteiger partial charge on any atom is 0.283 e. The number of rotatable bonds is 8. The summed E-state index contributed by atoms with van der Waals surface area (Å²) in [4.78, 5) is 28.7. The van der Waals surface area contributed by atoms with Crippen molar-refractivity contribution < 1.29 is 9.53 Å². The Morgan fingerprint density at radius 2 is 2.17 bits per heavy atom. The fraction of sp³-hybridized carbons (Fsp3) is 0.438. The molecule has 1 aromatic carbocycles. The van der Waals surface area contributed by atoms with Crippen molar-refractivity contribution >= 4 is 28.7 Å². The molecule has 0 unspecified atom stereocenters. The summed E-state index contributed by atoms with van der Waals surface area (Å²) in [5.74, 6) is 0.0700. The number of aromatic nitrogens is 2. The number of hydrogen-bond acceptors (Lipinski definition) is 5. The first-order valence-corrected chi connectivity index (χ1v) is 8.54. The molecule has 0 fully saturated rings. The third kappa shape index (κ3) is 4.56. The second-order valence-corrected chi connectivity index (χ2v) is 5.90. The summed E-state index contributed by atoms with van der Waals surface area (Å²) in [7, 11) is 1.63. The largest absolute Gasteiger partial charge is 0.385 e. The highest BCUT2D eigenvalue weighted by Crippen LogP contribution is 2.16. The molecule has 0 saturated heterocycles. The highest BCUT2D eigenvalue weighted by Gasteiger charge is 2.12. The Hall–Kier alpha value is -1.86. The van der Waals surface area contributed by atoms with Crippen molar-refractivity contribution in [3.05, 3.63) is 34.6 Å². The van der Waals surface area contributed by atoms with Crippen LogP contribution in [0, 0.1) is 0 Å². The van der Waals surface area contributed by atoms with Gasteiger partial charge in [0.05, 0.1) is 16.8 Å². The molecule has 1 amide bonds. The first-order chi connectivity index (χ1) is 11.2. The number of ether oxygens (including phenoxy) is 1. The fourth-order valence-corrected chi connectivity index (χ4v) is 2.97. The smallest absolute Gasteiger partial charge is 0.283 e. The molecule has 2 rings (SSSR count). The predicted octanol–water partition coefficient (Wildman–Crippen LogP) is 1.66. The van der Waals surface area contributed by atoms with E-state index in [1.165, 1.54) is 11.8 Å². The van der Waals surface area contributed by atoms with Gasteiger partial charge in [-0.2, -0.15) is 0 Å². The van der Waals surface area contributed by atoms with Gasteiger partial charge in [0.2, 0.25) is 5.91 Å². The predicted molar refractivity (Wildman–Crippen MR) is 91.9 cm³/mol. The summed E-state index contributed by atoms with van der Waals surface area (Å²) < 4.78 is 6.61. The standard InChI is InChI=1S/C16H21N3O3S/c1-3-19-13-8-5-4-7-12(13)18-15(16(19)21)23-11-14(20)17-9-6-10-22-2/h4-5,7-8H,3,6,9-11H2,1-2H3,(H,17,20). The van der Waals surface area contributed by atoms with Crippen LogP contribution in [0.4, 0.5) is 0 Å². The number of hydrogen-bond donors (Lipinski definition) is 1. The second-order valence-electron chi connectivity index (χ2n) is 4.94. The number of methoxy groups -OCH3 is 1. The van der Waals surface area contributed by atoms with Crippen molar-refractivity contribution in [2.24, 2.45) is 0 Å². The molecular formula is C16H21N3O3S. The van der Waals surface area contributed by atoms with Crippen LogP contribution >= 0.6 is 11.8 Å². The number of nitrogens with one attached hydrogen (secondary N) is 1. The van der Waals surface area contributed by atoms with Crippen molar-refractivity contribution in [1.29, 1.82) is 0 Å². The van der Waals surface area contributed by atoms with Gasteiger partial charge in [-0.1, -0.05) is 23.9 Å². The molecule has 23 heavy (non-hydrogen) atoms. The number of benzene rings is 1. The van der Waals surface area contributed by atoms with Gasteiger partial charge < -0.3 is 14.6 Å². The van der Waals surface area contributed by atoms with E-state index in [9.17, 15) is 9.59 Å². The molecule has 7 heteroatoms. The molecule has 0 aliphatic heterocycles. The van der Waals surface area contributed by atoms with E-state index in [0.29, 0.717) is 24.7 Å². The monoisotopic (exact) mass is 335 g/mol. The minimum absolute atomic E-state index is 0.108. The molecule has 0 bridgehead atoms. The van der Waals surface area contributed by atoms with Crippen molar-refractivity contribution in [2.75, 3.05) is 26.0 Å². The molecule has 0 atom stereocenters. The topological polar surface area (TPSA) is 73.2 Å². The molecule has 2 aromatic rings. The number of carbonyl (C=O) groups excluding carboxylic acids is 1. The number of thioether (sulfide) groups is 1. The van der Waals surface area contributed by atoms with Crippen molar-refractivity contribution in [3.63, 3.8) is 0 Å². The summed E-state index contributed by atoms with van der Waals surface area (Å²) in [6.45, 7) is 3.67. The van der Waals surface area contributed by atoms with Crippen LogP contribution in [-0.2, 0) is 16.1 Å². The lowest BCUT2D eigenvalue weighted by Gasteiger charge is -2.10. The Balaban J connectivity index is 2.07. The van der Waals surface area contributed by atoms with Gasteiger partial charge in [-0.25, -0.2) is 4.98 Å². The maximum atomic E-state index is 12.5. The lowest BCUT2D eigenvalue weighted by Crippen LogP contribution is -2.28. The molecule has 0 aliphatic carbocycles. The summed E-state index contributed by atoms with van der Waals surface area (Å²) in [5.41, 5.74) is 1.42. The van der Waals surface area contributed by atoms with Gasteiger partial charge in [0.25, 0.3) is 5.56 Å². The van der Waals surface area contributed by atoms with E-state index in [4.69, 9.17) is 4.74 Å².